The van der Waals surface area contributed by atoms with Gasteiger partial charge in [-0.05, 0) is 25.1 Å². The Kier molecular flexibility index (Phi) is 5.15. The molecular formula is C16H11F6NO3. The predicted octanol–water partition coefficient (Wildman–Crippen LogP) is 4.88. The summed E-state index contributed by atoms with van der Waals surface area (Å²) in [6.45, 7) is 1.27. The topological polar surface area (TPSA) is 59.4 Å². The minimum atomic E-state index is -5.02. The Bertz CT molecular complexity index is 812. The van der Waals surface area contributed by atoms with E-state index in [0.717, 1.165) is 12.1 Å². The molecule has 0 amide bonds. The summed E-state index contributed by atoms with van der Waals surface area (Å²) >= 11 is 0. The standard InChI is InChI=1S/C16H11F6NO3/c1-2-26-13-12(14(24)25)10(16(20,21)22)7-11(23-13)8-3-5-9(6-4-8)15(17,18)19/h3-7H,2H2,1H3,(H,24,25). The van der Waals surface area contributed by atoms with E-state index in [-0.39, 0.29) is 17.9 Å². The molecule has 1 aromatic carbocycles. The lowest BCUT2D eigenvalue weighted by Crippen LogP contribution is -2.16. The lowest BCUT2D eigenvalue weighted by molar-refractivity contribution is -0.138. The Hall–Kier alpha value is -2.78. The smallest absolute Gasteiger partial charge is 0.417 e. The maximum Gasteiger partial charge on any atom is 0.417 e. The zero-order valence-corrected chi connectivity index (χ0v) is 13.1. The first-order valence-corrected chi connectivity index (χ1v) is 7.11. The van der Waals surface area contributed by atoms with Crippen LogP contribution in [0, 0.1) is 0 Å². The van der Waals surface area contributed by atoms with Gasteiger partial charge in [-0.3, -0.25) is 0 Å². The fourth-order valence-electron chi connectivity index (χ4n) is 2.17. The number of hydrogen-bond acceptors (Lipinski definition) is 3. The molecule has 0 spiro atoms. The third kappa shape index (κ3) is 4.06. The number of halogens is 6. The molecule has 0 bridgehead atoms. The molecule has 4 nitrogen and oxygen atoms in total. The summed E-state index contributed by atoms with van der Waals surface area (Å²) in [7, 11) is 0. The molecule has 0 saturated heterocycles. The highest BCUT2D eigenvalue weighted by atomic mass is 19.4. The van der Waals surface area contributed by atoms with Crippen molar-refractivity contribution in [2.75, 3.05) is 6.61 Å². The van der Waals surface area contributed by atoms with Crippen LogP contribution in [0.4, 0.5) is 26.3 Å². The molecule has 0 aliphatic carbocycles. The van der Waals surface area contributed by atoms with Crippen molar-refractivity contribution in [1.82, 2.24) is 4.98 Å². The number of carboxylic acid groups (broad SMARTS) is 1. The molecule has 0 unspecified atom stereocenters. The second-order valence-electron chi connectivity index (χ2n) is 5.05. The van der Waals surface area contributed by atoms with Crippen molar-refractivity contribution in [2.45, 2.75) is 19.3 Å². The average Bonchev–Trinajstić information content (AvgIpc) is 2.52. The number of rotatable bonds is 4. The molecule has 1 N–H and O–H groups in total. The van der Waals surface area contributed by atoms with Crippen molar-refractivity contribution in [3.63, 3.8) is 0 Å². The molecule has 2 rings (SSSR count). The molecule has 0 radical (unpaired) electrons. The van der Waals surface area contributed by atoms with E-state index in [0.29, 0.717) is 18.2 Å². The van der Waals surface area contributed by atoms with Gasteiger partial charge in [0.1, 0.15) is 5.56 Å². The number of nitrogens with zero attached hydrogens (tertiary/aromatic N) is 1. The molecular weight excluding hydrogens is 368 g/mol. The zero-order chi connectivity index (χ0) is 19.7. The highest BCUT2D eigenvalue weighted by Crippen LogP contribution is 2.38. The third-order valence-corrected chi connectivity index (χ3v) is 3.29. The van der Waals surface area contributed by atoms with Gasteiger partial charge < -0.3 is 9.84 Å². The van der Waals surface area contributed by atoms with Gasteiger partial charge in [0.25, 0.3) is 0 Å². The van der Waals surface area contributed by atoms with Crippen LogP contribution in [0.2, 0.25) is 0 Å². The molecule has 10 heteroatoms. The van der Waals surface area contributed by atoms with E-state index in [4.69, 9.17) is 9.84 Å². The minimum absolute atomic E-state index is 0.0543. The summed E-state index contributed by atoms with van der Waals surface area (Å²) < 4.78 is 82.4. The quantitative estimate of drug-likeness (QED) is 0.769. The fourth-order valence-corrected chi connectivity index (χ4v) is 2.17. The number of benzene rings is 1. The van der Waals surface area contributed by atoms with Crippen molar-refractivity contribution in [1.29, 1.82) is 0 Å². The van der Waals surface area contributed by atoms with E-state index in [2.05, 4.69) is 4.98 Å². The molecule has 1 heterocycles. The SMILES string of the molecule is CCOc1nc(-c2ccc(C(F)(F)F)cc2)cc(C(F)(F)F)c1C(=O)O. The Morgan fingerprint density at radius 1 is 1.08 bits per heavy atom. The van der Waals surface area contributed by atoms with Crippen LogP contribution in [-0.4, -0.2) is 22.7 Å². The lowest BCUT2D eigenvalue weighted by atomic mass is 10.0. The minimum Gasteiger partial charge on any atom is -0.477 e. The molecule has 0 aliphatic heterocycles. The van der Waals surface area contributed by atoms with Gasteiger partial charge in [0, 0.05) is 5.56 Å². The number of hydrogen-bond donors (Lipinski definition) is 1. The first-order chi connectivity index (χ1) is 11.9. The van der Waals surface area contributed by atoms with Gasteiger partial charge in [0.2, 0.25) is 5.88 Å². The Balaban J connectivity index is 2.66. The van der Waals surface area contributed by atoms with Gasteiger partial charge in [-0.15, -0.1) is 0 Å². The van der Waals surface area contributed by atoms with Gasteiger partial charge in [-0.25, -0.2) is 9.78 Å². The van der Waals surface area contributed by atoms with Gasteiger partial charge in [-0.1, -0.05) is 12.1 Å². The molecule has 0 fully saturated rings. The highest BCUT2D eigenvalue weighted by Gasteiger charge is 2.39. The Morgan fingerprint density at radius 3 is 2.08 bits per heavy atom. The van der Waals surface area contributed by atoms with Crippen LogP contribution in [0.25, 0.3) is 11.3 Å². The number of carbonyl (C=O) groups is 1. The summed E-state index contributed by atoms with van der Waals surface area (Å²) in [6, 6.07) is 3.74. The predicted molar refractivity (Wildman–Crippen MR) is 77.8 cm³/mol. The molecule has 0 atom stereocenters. The molecule has 2 aromatic rings. The number of ether oxygens (including phenoxy) is 1. The summed E-state index contributed by atoms with van der Waals surface area (Å²) in [4.78, 5) is 15.0. The van der Waals surface area contributed by atoms with E-state index in [9.17, 15) is 31.1 Å². The second kappa shape index (κ2) is 6.85. The Labute approximate surface area is 143 Å². The molecule has 1 aromatic heterocycles. The van der Waals surface area contributed by atoms with Gasteiger partial charge >= 0.3 is 18.3 Å². The Morgan fingerprint density at radius 2 is 1.65 bits per heavy atom. The number of aromatic nitrogens is 1. The van der Waals surface area contributed by atoms with E-state index in [1.807, 2.05) is 0 Å². The molecule has 140 valence electrons. The first-order valence-electron chi connectivity index (χ1n) is 7.11. The largest absolute Gasteiger partial charge is 0.477 e. The van der Waals surface area contributed by atoms with Crippen LogP contribution in [0.1, 0.15) is 28.4 Å². The van der Waals surface area contributed by atoms with Crippen molar-refractivity contribution >= 4 is 5.97 Å². The van der Waals surface area contributed by atoms with Crippen LogP contribution < -0.4 is 4.74 Å². The number of pyridine rings is 1. The van der Waals surface area contributed by atoms with E-state index in [1.165, 1.54) is 6.92 Å². The van der Waals surface area contributed by atoms with E-state index >= 15 is 0 Å². The van der Waals surface area contributed by atoms with Gasteiger partial charge in [0.05, 0.1) is 23.4 Å². The van der Waals surface area contributed by atoms with Crippen LogP contribution >= 0.6 is 0 Å². The monoisotopic (exact) mass is 379 g/mol. The highest BCUT2D eigenvalue weighted by molar-refractivity contribution is 5.93. The summed E-state index contributed by atoms with van der Waals surface area (Å²) in [5.74, 6) is -2.64. The molecule has 0 saturated carbocycles. The summed E-state index contributed by atoms with van der Waals surface area (Å²) in [6.07, 6.45) is -9.63. The maximum absolute atomic E-state index is 13.2. The summed E-state index contributed by atoms with van der Waals surface area (Å²) in [5, 5.41) is 9.08. The van der Waals surface area contributed by atoms with Crippen LogP contribution in [-0.2, 0) is 12.4 Å². The van der Waals surface area contributed by atoms with Crippen LogP contribution in [0.15, 0.2) is 30.3 Å². The van der Waals surface area contributed by atoms with E-state index < -0.39 is 40.9 Å². The number of carboxylic acids is 1. The molecule has 26 heavy (non-hydrogen) atoms. The van der Waals surface area contributed by atoms with Crippen molar-refractivity contribution in [3.05, 3.63) is 47.0 Å². The fraction of sp³-hybridized carbons (Fsp3) is 0.250. The van der Waals surface area contributed by atoms with Crippen molar-refractivity contribution in [2.24, 2.45) is 0 Å². The van der Waals surface area contributed by atoms with Crippen molar-refractivity contribution < 1.29 is 41.0 Å². The van der Waals surface area contributed by atoms with Gasteiger partial charge in [-0.2, -0.15) is 26.3 Å². The molecule has 0 aliphatic rings. The van der Waals surface area contributed by atoms with Gasteiger partial charge in [0.15, 0.2) is 0 Å². The number of aromatic carboxylic acids is 1. The first kappa shape index (κ1) is 19.5. The zero-order valence-electron chi connectivity index (χ0n) is 13.1. The normalized spacial score (nSPS) is 12.1. The lowest BCUT2D eigenvalue weighted by Gasteiger charge is -2.16. The van der Waals surface area contributed by atoms with Crippen LogP contribution in [0.3, 0.4) is 0 Å². The second-order valence-corrected chi connectivity index (χ2v) is 5.05. The summed E-state index contributed by atoms with van der Waals surface area (Å²) in [5.41, 5.74) is -4.06. The number of alkyl halides is 6. The maximum atomic E-state index is 13.2. The third-order valence-electron chi connectivity index (χ3n) is 3.29. The van der Waals surface area contributed by atoms with Crippen LogP contribution in [0.5, 0.6) is 5.88 Å². The van der Waals surface area contributed by atoms with E-state index in [1.54, 1.807) is 0 Å². The van der Waals surface area contributed by atoms with Crippen molar-refractivity contribution in [3.8, 4) is 17.1 Å². The average molecular weight is 379 g/mol.